The zero-order chi connectivity index (χ0) is 19.4. The Balaban J connectivity index is 1.64. The first-order chi connectivity index (χ1) is 12.9. The molecule has 2 aromatic carbocycles. The quantitative estimate of drug-likeness (QED) is 0.762. The van der Waals surface area contributed by atoms with E-state index in [0.717, 1.165) is 23.4 Å². The molecule has 0 unspecified atom stereocenters. The smallest absolute Gasteiger partial charge is 0.243 e. The van der Waals surface area contributed by atoms with E-state index < -0.39 is 10.0 Å². The second-order valence-corrected chi connectivity index (χ2v) is 9.21. The zero-order valence-electron chi connectivity index (χ0n) is 16.3. The molecule has 2 aromatic rings. The van der Waals surface area contributed by atoms with Crippen LogP contribution in [0.15, 0.2) is 53.4 Å². The van der Waals surface area contributed by atoms with Crippen LogP contribution in [0.5, 0.6) is 5.75 Å². The third-order valence-electron chi connectivity index (χ3n) is 4.69. The molecule has 0 bridgehead atoms. The number of piperazine rings is 1. The highest BCUT2D eigenvalue weighted by Gasteiger charge is 2.28. The highest BCUT2D eigenvalue weighted by molar-refractivity contribution is 7.89. The Bertz CT molecular complexity index is 873. The third-order valence-corrected chi connectivity index (χ3v) is 6.58. The van der Waals surface area contributed by atoms with Gasteiger partial charge in [-0.05, 0) is 44.5 Å². The van der Waals surface area contributed by atoms with E-state index in [1.165, 1.54) is 0 Å². The molecule has 5 nitrogen and oxygen atoms in total. The number of ether oxygens (including phenoxy) is 1. The number of para-hydroxylation sites is 1. The van der Waals surface area contributed by atoms with Crippen LogP contribution >= 0.6 is 0 Å². The average Bonchev–Trinajstić information content (AvgIpc) is 2.63. The molecule has 1 aliphatic rings. The van der Waals surface area contributed by atoms with Crippen molar-refractivity contribution in [1.82, 2.24) is 9.21 Å². The first-order valence-electron chi connectivity index (χ1n) is 9.40. The summed E-state index contributed by atoms with van der Waals surface area (Å²) in [6.07, 6.45) is 0.127. The van der Waals surface area contributed by atoms with Gasteiger partial charge in [0, 0.05) is 38.3 Å². The lowest BCUT2D eigenvalue weighted by Crippen LogP contribution is -2.48. The predicted molar refractivity (Wildman–Crippen MR) is 107 cm³/mol. The van der Waals surface area contributed by atoms with Crippen LogP contribution in [-0.2, 0) is 16.6 Å². The van der Waals surface area contributed by atoms with Gasteiger partial charge in [0.2, 0.25) is 10.0 Å². The molecular weight excluding hydrogens is 360 g/mol. The highest BCUT2D eigenvalue weighted by atomic mass is 32.2. The van der Waals surface area contributed by atoms with Gasteiger partial charge in [-0.2, -0.15) is 4.31 Å². The Morgan fingerprint density at radius 1 is 1.00 bits per heavy atom. The zero-order valence-corrected chi connectivity index (χ0v) is 17.1. The Labute approximate surface area is 162 Å². The molecule has 0 spiro atoms. The largest absolute Gasteiger partial charge is 0.491 e. The predicted octanol–water partition coefficient (Wildman–Crippen LogP) is 3.29. The molecule has 146 valence electrons. The second-order valence-electron chi connectivity index (χ2n) is 7.27. The molecule has 0 aromatic heterocycles. The summed E-state index contributed by atoms with van der Waals surface area (Å²) in [5, 5.41) is 0. The van der Waals surface area contributed by atoms with E-state index in [4.69, 9.17) is 4.74 Å². The number of nitrogens with zero attached hydrogens (tertiary/aromatic N) is 2. The molecule has 0 N–H and O–H groups in total. The van der Waals surface area contributed by atoms with Gasteiger partial charge in [0.25, 0.3) is 0 Å². The fraction of sp³-hybridized carbons (Fsp3) is 0.429. The molecule has 1 heterocycles. The summed E-state index contributed by atoms with van der Waals surface area (Å²) in [7, 11) is -3.42. The van der Waals surface area contributed by atoms with Crippen molar-refractivity contribution in [3.63, 3.8) is 0 Å². The molecule has 0 radical (unpaired) electrons. The van der Waals surface area contributed by atoms with Crippen LogP contribution in [0.2, 0.25) is 0 Å². The van der Waals surface area contributed by atoms with Crippen molar-refractivity contribution in [1.29, 1.82) is 0 Å². The standard InChI is InChI=1S/C21H28N2O3S/c1-17(2)26-21-10-5-4-8-19(21)16-22-11-13-23(14-12-22)27(24,25)20-9-6-7-18(3)15-20/h4-10,15,17H,11-14,16H2,1-3H3. The van der Waals surface area contributed by atoms with Gasteiger partial charge >= 0.3 is 0 Å². The first kappa shape index (κ1) is 19.9. The molecule has 27 heavy (non-hydrogen) atoms. The van der Waals surface area contributed by atoms with E-state index in [1.807, 2.05) is 45.0 Å². The minimum absolute atomic E-state index is 0.127. The molecule has 0 amide bonds. The maximum absolute atomic E-state index is 12.9. The Hall–Kier alpha value is -1.89. The molecule has 1 saturated heterocycles. The van der Waals surface area contributed by atoms with Crippen LogP contribution in [0.3, 0.4) is 0 Å². The number of hydrogen-bond acceptors (Lipinski definition) is 4. The van der Waals surface area contributed by atoms with Crippen molar-refractivity contribution in [2.75, 3.05) is 26.2 Å². The van der Waals surface area contributed by atoms with Crippen LogP contribution in [-0.4, -0.2) is 49.9 Å². The van der Waals surface area contributed by atoms with Crippen molar-refractivity contribution in [3.8, 4) is 5.75 Å². The van der Waals surface area contributed by atoms with E-state index >= 15 is 0 Å². The summed E-state index contributed by atoms with van der Waals surface area (Å²) >= 11 is 0. The third kappa shape index (κ3) is 4.89. The van der Waals surface area contributed by atoms with E-state index in [-0.39, 0.29) is 6.10 Å². The average molecular weight is 389 g/mol. The van der Waals surface area contributed by atoms with E-state index in [0.29, 0.717) is 31.1 Å². The summed E-state index contributed by atoms with van der Waals surface area (Å²) in [5.74, 6) is 0.905. The topological polar surface area (TPSA) is 49.9 Å². The minimum Gasteiger partial charge on any atom is -0.491 e. The van der Waals surface area contributed by atoms with Gasteiger partial charge in [-0.3, -0.25) is 4.90 Å². The summed E-state index contributed by atoms with van der Waals surface area (Å²) in [6, 6.07) is 15.2. The summed E-state index contributed by atoms with van der Waals surface area (Å²) < 4.78 is 33.2. The van der Waals surface area contributed by atoms with Gasteiger partial charge in [0.05, 0.1) is 11.0 Å². The Morgan fingerprint density at radius 2 is 1.70 bits per heavy atom. The minimum atomic E-state index is -3.42. The van der Waals surface area contributed by atoms with Crippen LogP contribution in [0, 0.1) is 6.92 Å². The number of sulfonamides is 1. The van der Waals surface area contributed by atoms with Gasteiger partial charge in [-0.15, -0.1) is 0 Å². The van der Waals surface area contributed by atoms with Crippen molar-refractivity contribution in [3.05, 3.63) is 59.7 Å². The van der Waals surface area contributed by atoms with E-state index in [1.54, 1.807) is 22.5 Å². The molecule has 0 saturated carbocycles. The fourth-order valence-electron chi connectivity index (χ4n) is 3.30. The summed E-state index contributed by atoms with van der Waals surface area (Å²) in [5.41, 5.74) is 2.10. The van der Waals surface area contributed by atoms with E-state index in [2.05, 4.69) is 11.0 Å². The van der Waals surface area contributed by atoms with Crippen molar-refractivity contribution >= 4 is 10.0 Å². The summed E-state index contributed by atoms with van der Waals surface area (Å²) in [4.78, 5) is 2.66. The maximum atomic E-state index is 12.9. The van der Waals surface area contributed by atoms with Crippen molar-refractivity contribution < 1.29 is 13.2 Å². The molecule has 3 rings (SSSR count). The molecule has 1 fully saturated rings. The number of hydrogen-bond donors (Lipinski definition) is 0. The fourth-order valence-corrected chi connectivity index (χ4v) is 4.82. The SMILES string of the molecule is Cc1cccc(S(=O)(=O)N2CCN(Cc3ccccc3OC(C)C)CC2)c1. The van der Waals surface area contributed by atoms with Gasteiger partial charge in [-0.25, -0.2) is 8.42 Å². The Kier molecular flexibility index (Phi) is 6.19. The van der Waals surface area contributed by atoms with Crippen LogP contribution in [0.25, 0.3) is 0 Å². The van der Waals surface area contributed by atoms with Crippen LogP contribution < -0.4 is 4.74 Å². The lowest BCUT2D eigenvalue weighted by atomic mass is 10.1. The van der Waals surface area contributed by atoms with Crippen LogP contribution in [0.4, 0.5) is 0 Å². The normalized spacial score (nSPS) is 16.6. The highest BCUT2D eigenvalue weighted by Crippen LogP contribution is 2.23. The lowest BCUT2D eigenvalue weighted by Gasteiger charge is -2.34. The first-order valence-corrected chi connectivity index (χ1v) is 10.8. The maximum Gasteiger partial charge on any atom is 0.243 e. The molecule has 1 aliphatic heterocycles. The Morgan fingerprint density at radius 3 is 2.37 bits per heavy atom. The van der Waals surface area contributed by atoms with Gasteiger partial charge in [-0.1, -0.05) is 30.3 Å². The summed E-state index contributed by atoms with van der Waals surface area (Å²) in [6.45, 7) is 9.14. The lowest BCUT2D eigenvalue weighted by molar-refractivity contribution is 0.176. The van der Waals surface area contributed by atoms with Gasteiger partial charge < -0.3 is 4.74 Å². The number of benzene rings is 2. The molecule has 0 aliphatic carbocycles. The van der Waals surface area contributed by atoms with Crippen molar-refractivity contribution in [2.24, 2.45) is 0 Å². The van der Waals surface area contributed by atoms with Crippen molar-refractivity contribution in [2.45, 2.75) is 38.3 Å². The number of rotatable bonds is 6. The monoisotopic (exact) mass is 388 g/mol. The molecular formula is C21H28N2O3S. The van der Waals surface area contributed by atoms with Gasteiger partial charge in [0.1, 0.15) is 5.75 Å². The second kappa shape index (κ2) is 8.42. The number of aryl methyl sites for hydroxylation is 1. The molecule has 0 atom stereocenters. The van der Waals surface area contributed by atoms with Crippen LogP contribution in [0.1, 0.15) is 25.0 Å². The van der Waals surface area contributed by atoms with E-state index in [9.17, 15) is 8.42 Å². The molecule has 6 heteroatoms. The van der Waals surface area contributed by atoms with Gasteiger partial charge in [0.15, 0.2) is 0 Å².